The van der Waals surface area contributed by atoms with E-state index < -0.39 is 0 Å². The largest absolute Gasteiger partial charge is 0.325 e. The number of nitrogens with zero attached hydrogens (tertiary/aromatic N) is 3. The second kappa shape index (κ2) is 3.78. The molecule has 1 N–H and O–H groups in total. The van der Waals surface area contributed by atoms with E-state index in [0.717, 1.165) is 0 Å². The molecular formula is C9H7FN4. The third kappa shape index (κ3) is 2.01. The van der Waals surface area contributed by atoms with Crippen molar-refractivity contribution in [3.63, 3.8) is 0 Å². The summed E-state index contributed by atoms with van der Waals surface area (Å²) >= 11 is 0. The number of aromatic nitrogens is 3. The van der Waals surface area contributed by atoms with Crippen LogP contribution in [0.3, 0.4) is 0 Å². The summed E-state index contributed by atoms with van der Waals surface area (Å²) in [5.74, 6) is 0.665. The van der Waals surface area contributed by atoms with Gasteiger partial charge in [-0.3, -0.25) is 0 Å². The average molecular weight is 190 g/mol. The van der Waals surface area contributed by atoms with Crippen LogP contribution in [0.15, 0.2) is 36.9 Å². The van der Waals surface area contributed by atoms with E-state index in [0.29, 0.717) is 11.6 Å². The molecule has 0 saturated heterocycles. The minimum atomic E-state index is -0.337. The lowest BCUT2D eigenvalue weighted by Gasteiger charge is -2.02. The first-order valence-electron chi connectivity index (χ1n) is 3.99. The second-order valence-corrected chi connectivity index (χ2v) is 2.58. The molecule has 2 rings (SSSR count). The molecule has 0 aliphatic carbocycles. The van der Waals surface area contributed by atoms with Gasteiger partial charge in [0, 0.05) is 18.5 Å². The van der Waals surface area contributed by atoms with Crippen LogP contribution >= 0.6 is 0 Å². The third-order valence-corrected chi connectivity index (χ3v) is 1.56. The number of halogens is 1. The number of hydrogen-bond acceptors (Lipinski definition) is 4. The van der Waals surface area contributed by atoms with E-state index in [1.54, 1.807) is 12.3 Å². The van der Waals surface area contributed by atoms with Gasteiger partial charge in [-0.25, -0.2) is 19.3 Å². The zero-order chi connectivity index (χ0) is 9.80. The molecule has 0 atom stereocenters. The van der Waals surface area contributed by atoms with Crippen molar-refractivity contribution in [1.29, 1.82) is 0 Å². The van der Waals surface area contributed by atoms with Gasteiger partial charge in [-0.2, -0.15) is 0 Å². The second-order valence-electron chi connectivity index (χ2n) is 2.58. The molecule has 0 spiro atoms. The monoisotopic (exact) mass is 190 g/mol. The van der Waals surface area contributed by atoms with E-state index in [-0.39, 0.29) is 5.82 Å². The summed E-state index contributed by atoms with van der Waals surface area (Å²) in [6, 6.07) is 4.25. The quantitative estimate of drug-likeness (QED) is 0.783. The fourth-order valence-electron chi connectivity index (χ4n) is 0.969. The van der Waals surface area contributed by atoms with Gasteiger partial charge in [-0.15, -0.1) is 0 Å². The van der Waals surface area contributed by atoms with Crippen LogP contribution in [0.5, 0.6) is 0 Å². The van der Waals surface area contributed by atoms with Crippen LogP contribution in [0, 0.1) is 5.82 Å². The Morgan fingerprint density at radius 2 is 2.00 bits per heavy atom. The van der Waals surface area contributed by atoms with Crippen molar-refractivity contribution >= 4 is 11.6 Å². The molecule has 0 bridgehead atoms. The van der Waals surface area contributed by atoms with Crippen molar-refractivity contribution in [2.75, 3.05) is 5.32 Å². The van der Waals surface area contributed by atoms with Crippen LogP contribution in [0.2, 0.25) is 0 Å². The molecule has 2 aromatic rings. The number of nitrogens with one attached hydrogen (secondary N) is 1. The predicted octanol–water partition coefficient (Wildman–Crippen LogP) is 1.75. The number of anilines is 2. The SMILES string of the molecule is Fc1ccnc(Nc2ccncn2)c1. The normalized spacial score (nSPS) is 9.79. The van der Waals surface area contributed by atoms with Gasteiger partial charge >= 0.3 is 0 Å². The molecule has 0 unspecified atom stereocenters. The molecule has 5 heteroatoms. The van der Waals surface area contributed by atoms with Crippen molar-refractivity contribution in [2.24, 2.45) is 0 Å². The molecule has 0 fully saturated rings. The molecule has 0 amide bonds. The molecule has 4 nitrogen and oxygen atoms in total. The summed E-state index contributed by atoms with van der Waals surface area (Å²) in [5, 5.41) is 2.84. The first kappa shape index (κ1) is 8.55. The molecule has 0 aliphatic heterocycles. The Bertz CT molecular complexity index is 418. The number of hydrogen-bond donors (Lipinski definition) is 1. The lowest BCUT2D eigenvalue weighted by Crippen LogP contribution is -1.95. The molecular weight excluding hydrogens is 183 g/mol. The average Bonchev–Trinajstić information content (AvgIpc) is 2.19. The summed E-state index contributed by atoms with van der Waals surface area (Å²) in [7, 11) is 0. The maximum atomic E-state index is 12.8. The third-order valence-electron chi connectivity index (χ3n) is 1.56. The van der Waals surface area contributed by atoms with Crippen molar-refractivity contribution in [1.82, 2.24) is 15.0 Å². The molecule has 0 aliphatic rings. The molecule has 14 heavy (non-hydrogen) atoms. The zero-order valence-corrected chi connectivity index (χ0v) is 7.18. The van der Waals surface area contributed by atoms with Gasteiger partial charge in [-0.05, 0) is 12.1 Å². The Kier molecular flexibility index (Phi) is 2.31. The van der Waals surface area contributed by atoms with Gasteiger partial charge in [0.15, 0.2) is 0 Å². The summed E-state index contributed by atoms with van der Waals surface area (Å²) in [4.78, 5) is 11.6. The first-order valence-corrected chi connectivity index (χ1v) is 3.99. The molecule has 2 heterocycles. The first-order chi connectivity index (χ1) is 6.84. The molecule has 70 valence electrons. The van der Waals surface area contributed by atoms with Gasteiger partial charge in [0.1, 0.15) is 23.8 Å². The van der Waals surface area contributed by atoms with Crippen molar-refractivity contribution in [3.05, 3.63) is 42.7 Å². The molecule has 2 aromatic heterocycles. The van der Waals surface area contributed by atoms with E-state index in [4.69, 9.17) is 0 Å². The van der Waals surface area contributed by atoms with Crippen molar-refractivity contribution in [3.8, 4) is 0 Å². The lowest BCUT2D eigenvalue weighted by atomic mass is 10.4. The Morgan fingerprint density at radius 1 is 1.07 bits per heavy atom. The summed E-state index contributed by atoms with van der Waals surface area (Å²) < 4.78 is 12.8. The van der Waals surface area contributed by atoms with Gasteiger partial charge in [0.25, 0.3) is 0 Å². The van der Waals surface area contributed by atoms with E-state index in [1.165, 1.54) is 24.7 Å². The standard InChI is InChI=1S/C9H7FN4/c10-7-1-4-12-9(5-7)14-8-2-3-11-6-13-8/h1-6H,(H,11,12,13,14). The fraction of sp³-hybridized carbons (Fsp3) is 0. The van der Waals surface area contributed by atoms with Gasteiger partial charge < -0.3 is 5.32 Å². The van der Waals surface area contributed by atoms with E-state index in [9.17, 15) is 4.39 Å². The number of pyridine rings is 1. The summed E-state index contributed by atoms with van der Waals surface area (Å²) in [6.45, 7) is 0. The van der Waals surface area contributed by atoms with Crippen LogP contribution in [-0.4, -0.2) is 15.0 Å². The van der Waals surface area contributed by atoms with Gasteiger partial charge in [-0.1, -0.05) is 0 Å². The topological polar surface area (TPSA) is 50.7 Å². The fourth-order valence-corrected chi connectivity index (χ4v) is 0.969. The molecule has 0 radical (unpaired) electrons. The maximum Gasteiger partial charge on any atom is 0.134 e. The maximum absolute atomic E-state index is 12.8. The van der Waals surface area contributed by atoms with Crippen LogP contribution in [0.1, 0.15) is 0 Å². The van der Waals surface area contributed by atoms with Gasteiger partial charge in [0.05, 0.1) is 0 Å². The highest BCUT2D eigenvalue weighted by Crippen LogP contribution is 2.10. The van der Waals surface area contributed by atoms with E-state index >= 15 is 0 Å². The van der Waals surface area contributed by atoms with Crippen molar-refractivity contribution < 1.29 is 4.39 Å². The Balaban J connectivity index is 2.19. The highest BCUT2D eigenvalue weighted by Gasteiger charge is 1.97. The zero-order valence-electron chi connectivity index (χ0n) is 7.18. The summed E-state index contributed by atoms with van der Waals surface area (Å²) in [6.07, 6.45) is 4.38. The van der Waals surface area contributed by atoms with E-state index in [1.807, 2.05) is 0 Å². The van der Waals surface area contributed by atoms with Crippen LogP contribution in [0.25, 0.3) is 0 Å². The smallest absolute Gasteiger partial charge is 0.134 e. The minimum Gasteiger partial charge on any atom is -0.325 e. The van der Waals surface area contributed by atoms with Crippen LogP contribution in [0.4, 0.5) is 16.0 Å². The number of rotatable bonds is 2. The Morgan fingerprint density at radius 3 is 2.71 bits per heavy atom. The van der Waals surface area contributed by atoms with Crippen molar-refractivity contribution in [2.45, 2.75) is 0 Å². The highest BCUT2D eigenvalue weighted by molar-refractivity contribution is 5.50. The molecule has 0 aromatic carbocycles. The minimum absolute atomic E-state index is 0.337. The van der Waals surface area contributed by atoms with Crippen LogP contribution < -0.4 is 5.32 Å². The predicted molar refractivity (Wildman–Crippen MR) is 49.5 cm³/mol. The Labute approximate surface area is 79.9 Å². The van der Waals surface area contributed by atoms with E-state index in [2.05, 4.69) is 20.3 Å². The van der Waals surface area contributed by atoms with Crippen LogP contribution in [-0.2, 0) is 0 Å². The highest BCUT2D eigenvalue weighted by atomic mass is 19.1. The lowest BCUT2D eigenvalue weighted by molar-refractivity contribution is 0.626. The molecule has 0 saturated carbocycles. The van der Waals surface area contributed by atoms with Gasteiger partial charge in [0.2, 0.25) is 0 Å². The Hall–Kier alpha value is -2.04. The summed E-state index contributed by atoms with van der Waals surface area (Å²) in [5.41, 5.74) is 0.